The first-order valence-electron chi connectivity index (χ1n) is 9.26. The summed E-state index contributed by atoms with van der Waals surface area (Å²) < 4.78 is 10.8. The molecule has 1 amide bonds. The highest BCUT2D eigenvalue weighted by atomic mass is 16.5. The van der Waals surface area contributed by atoms with Crippen molar-refractivity contribution in [3.05, 3.63) is 70.5 Å². The van der Waals surface area contributed by atoms with E-state index in [1.54, 1.807) is 18.2 Å². The van der Waals surface area contributed by atoms with Crippen LogP contribution in [-0.2, 0) is 27.3 Å². The van der Waals surface area contributed by atoms with E-state index in [1.807, 2.05) is 57.2 Å². The molecule has 3 aromatic rings. The van der Waals surface area contributed by atoms with Gasteiger partial charge in [-0.1, -0.05) is 42.0 Å². The summed E-state index contributed by atoms with van der Waals surface area (Å²) in [6.45, 7) is 6.23. The van der Waals surface area contributed by atoms with E-state index in [9.17, 15) is 9.59 Å². The monoisotopic (exact) mass is 379 g/mol. The van der Waals surface area contributed by atoms with E-state index < -0.39 is 5.97 Å². The molecule has 0 atom stereocenters. The molecule has 0 saturated heterocycles. The molecule has 146 valence electrons. The second-order valence-electron chi connectivity index (χ2n) is 7.22. The summed E-state index contributed by atoms with van der Waals surface area (Å²) in [5, 5.41) is 0.905. The van der Waals surface area contributed by atoms with Crippen molar-refractivity contribution >= 4 is 22.8 Å². The van der Waals surface area contributed by atoms with Gasteiger partial charge in [0.25, 0.3) is 5.91 Å². The van der Waals surface area contributed by atoms with Gasteiger partial charge in [-0.15, -0.1) is 0 Å². The first-order valence-corrected chi connectivity index (χ1v) is 9.26. The molecule has 3 rings (SSSR count). The number of esters is 1. The molecule has 0 N–H and O–H groups in total. The number of likely N-dealkylation sites (N-methyl/N-ethyl adjacent to an activating group) is 1. The van der Waals surface area contributed by atoms with Gasteiger partial charge in [0.05, 0.1) is 12.7 Å². The van der Waals surface area contributed by atoms with Crippen LogP contribution in [0.15, 0.2) is 47.1 Å². The van der Waals surface area contributed by atoms with Crippen molar-refractivity contribution in [3.63, 3.8) is 0 Å². The minimum absolute atomic E-state index is 0.0739. The Morgan fingerprint density at radius 3 is 2.46 bits per heavy atom. The van der Waals surface area contributed by atoms with Gasteiger partial charge >= 0.3 is 5.97 Å². The average Bonchev–Trinajstić information content (AvgIpc) is 3.08. The van der Waals surface area contributed by atoms with Crippen LogP contribution in [0.5, 0.6) is 0 Å². The number of fused-ring (bicyclic) bond motifs is 1. The van der Waals surface area contributed by atoms with E-state index in [4.69, 9.17) is 9.15 Å². The second kappa shape index (κ2) is 8.30. The normalized spacial score (nSPS) is 10.9. The van der Waals surface area contributed by atoms with E-state index in [2.05, 4.69) is 0 Å². The Balaban J connectivity index is 1.54. The summed E-state index contributed by atoms with van der Waals surface area (Å²) in [7, 11) is 1.70. The maximum Gasteiger partial charge on any atom is 0.310 e. The molecule has 0 aliphatic carbocycles. The van der Waals surface area contributed by atoms with Gasteiger partial charge in [0.2, 0.25) is 0 Å². The minimum atomic E-state index is -0.446. The Morgan fingerprint density at radius 2 is 1.75 bits per heavy atom. The second-order valence-corrected chi connectivity index (χ2v) is 7.22. The minimum Gasteiger partial charge on any atom is -0.464 e. The molecule has 1 heterocycles. The molecule has 1 aromatic heterocycles. The van der Waals surface area contributed by atoms with Gasteiger partial charge in [-0.25, -0.2) is 0 Å². The Bertz CT molecular complexity index is 1000. The lowest BCUT2D eigenvalue weighted by atomic mass is 10.0. The summed E-state index contributed by atoms with van der Waals surface area (Å²) in [4.78, 5) is 26.0. The summed E-state index contributed by atoms with van der Waals surface area (Å²) in [5.41, 5.74) is 5.95. The molecule has 5 nitrogen and oxygen atoms in total. The van der Waals surface area contributed by atoms with Crippen molar-refractivity contribution in [2.75, 3.05) is 13.7 Å². The maximum absolute atomic E-state index is 12.2. The number of rotatable bonds is 6. The molecule has 0 fully saturated rings. The number of carbonyl (C=O) groups excluding carboxylic acids is 2. The van der Waals surface area contributed by atoms with Crippen LogP contribution in [-0.4, -0.2) is 30.4 Å². The quantitative estimate of drug-likeness (QED) is 0.605. The third-order valence-electron chi connectivity index (χ3n) is 5.00. The van der Waals surface area contributed by atoms with Crippen LogP contribution in [0.2, 0.25) is 0 Å². The summed E-state index contributed by atoms with van der Waals surface area (Å²) >= 11 is 0. The number of furan rings is 1. The molecule has 0 saturated carbocycles. The third kappa shape index (κ3) is 4.42. The molecular weight excluding hydrogens is 354 g/mol. The number of ether oxygens (including phenoxy) is 1. The van der Waals surface area contributed by atoms with Crippen molar-refractivity contribution in [1.29, 1.82) is 0 Å². The zero-order chi connectivity index (χ0) is 20.3. The number of nitrogens with zero attached hydrogens (tertiary/aromatic N) is 1. The predicted octanol–water partition coefficient (Wildman–Crippen LogP) is 4.10. The first kappa shape index (κ1) is 19.7. The molecule has 0 spiro atoms. The van der Waals surface area contributed by atoms with Crippen LogP contribution in [0.25, 0.3) is 11.0 Å². The number of aryl methyl sites for hydroxylation is 3. The fourth-order valence-electron chi connectivity index (χ4n) is 3.04. The largest absolute Gasteiger partial charge is 0.464 e. The molecular formula is C23H25NO4. The Hall–Kier alpha value is -3.08. The molecule has 0 radical (unpaired) electrons. The Kier molecular flexibility index (Phi) is 5.83. The summed E-state index contributed by atoms with van der Waals surface area (Å²) in [6.07, 6.45) is 1.66. The predicted molar refractivity (Wildman–Crippen MR) is 108 cm³/mol. The summed E-state index contributed by atoms with van der Waals surface area (Å²) in [6, 6.07) is 11.9. The van der Waals surface area contributed by atoms with Gasteiger partial charge in [0, 0.05) is 24.5 Å². The first-order chi connectivity index (χ1) is 13.3. The lowest BCUT2D eigenvalue weighted by Crippen LogP contribution is -2.31. The van der Waals surface area contributed by atoms with Crippen LogP contribution in [0.3, 0.4) is 0 Å². The van der Waals surface area contributed by atoms with Crippen molar-refractivity contribution in [3.8, 4) is 0 Å². The maximum atomic E-state index is 12.2. The highest BCUT2D eigenvalue weighted by Gasteiger charge is 2.16. The molecule has 0 aliphatic heterocycles. The number of hydrogen-bond acceptors (Lipinski definition) is 4. The van der Waals surface area contributed by atoms with Crippen LogP contribution in [0, 0.1) is 20.8 Å². The van der Waals surface area contributed by atoms with Gasteiger partial charge in [-0.2, -0.15) is 0 Å². The molecule has 2 aromatic carbocycles. The Morgan fingerprint density at radius 1 is 1.04 bits per heavy atom. The number of amides is 1. The standard InChI is InChI=1S/C23H25NO4/c1-15-5-8-18(9-6-15)12-24(4)21(25)14-27-22(26)11-19-13-28-23-17(3)16(2)7-10-20(19)23/h5-10,13H,11-12,14H2,1-4H3. The molecule has 0 bridgehead atoms. The van der Waals surface area contributed by atoms with E-state index >= 15 is 0 Å². The fourth-order valence-corrected chi connectivity index (χ4v) is 3.04. The van der Waals surface area contributed by atoms with Gasteiger partial charge in [-0.05, 0) is 37.5 Å². The van der Waals surface area contributed by atoms with Gasteiger partial charge in [0.15, 0.2) is 6.61 Å². The van der Waals surface area contributed by atoms with Gasteiger partial charge in [0.1, 0.15) is 5.58 Å². The average molecular weight is 379 g/mol. The van der Waals surface area contributed by atoms with Crippen LogP contribution < -0.4 is 0 Å². The topological polar surface area (TPSA) is 59.8 Å². The summed E-state index contributed by atoms with van der Waals surface area (Å²) in [5.74, 6) is -0.685. The Labute approximate surface area is 164 Å². The van der Waals surface area contributed by atoms with Gasteiger partial charge < -0.3 is 14.1 Å². The highest BCUT2D eigenvalue weighted by molar-refractivity contribution is 5.89. The van der Waals surface area contributed by atoms with E-state index in [0.29, 0.717) is 6.54 Å². The smallest absolute Gasteiger partial charge is 0.310 e. The third-order valence-corrected chi connectivity index (χ3v) is 5.00. The van der Waals surface area contributed by atoms with Crippen molar-refractivity contribution in [2.24, 2.45) is 0 Å². The zero-order valence-electron chi connectivity index (χ0n) is 16.7. The SMILES string of the molecule is Cc1ccc(CN(C)C(=O)COC(=O)Cc2coc3c(C)c(C)ccc23)cc1. The van der Waals surface area contributed by atoms with Crippen LogP contribution >= 0.6 is 0 Å². The van der Waals surface area contributed by atoms with E-state index in [-0.39, 0.29) is 18.9 Å². The lowest BCUT2D eigenvalue weighted by Gasteiger charge is -2.17. The molecule has 5 heteroatoms. The lowest BCUT2D eigenvalue weighted by molar-refractivity contribution is -0.151. The highest BCUT2D eigenvalue weighted by Crippen LogP contribution is 2.26. The van der Waals surface area contributed by atoms with Crippen LogP contribution in [0.4, 0.5) is 0 Å². The van der Waals surface area contributed by atoms with Gasteiger partial charge in [-0.3, -0.25) is 9.59 Å². The van der Waals surface area contributed by atoms with Crippen molar-refractivity contribution in [1.82, 2.24) is 4.90 Å². The van der Waals surface area contributed by atoms with E-state index in [1.165, 1.54) is 5.56 Å². The molecule has 0 unspecified atom stereocenters. The number of hydrogen-bond donors (Lipinski definition) is 0. The zero-order valence-corrected chi connectivity index (χ0v) is 16.7. The number of benzene rings is 2. The molecule has 28 heavy (non-hydrogen) atoms. The molecule has 0 aliphatic rings. The van der Waals surface area contributed by atoms with Crippen LogP contribution in [0.1, 0.15) is 27.8 Å². The fraction of sp³-hybridized carbons (Fsp3) is 0.304. The van der Waals surface area contributed by atoms with Crippen molar-refractivity contribution < 1.29 is 18.7 Å². The van der Waals surface area contributed by atoms with E-state index in [0.717, 1.165) is 33.2 Å². The number of carbonyl (C=O) groups is 2. The van der Waals surface area contributed by atoms with Crippen molar-refractivity contribution in [2.45, 2.75) is 33.7 Å².